The van der Waals surface area contributed by atoms with E-state index in [1.807, 2.05) is 30.3 Å². The summed E-state index contributed by atoms with van der Waals surface area (Å²) in [4.78, 5) is 30.0. The molecule has 2 aromatic rings. The quantitative estimate of drug-likeness (QED) is 0.575. The molecule has 0 bridgehead atoms. The molecule has 0 unspecified atom stereocenters. The fraction of sp³-hybridized carbons (Fsp3) is 0.500. The number of rotatable bonds is 7. The highest BCUT2D eigenvalue weighted by atomic mass is 19.3. The summed E-state index contributed by atoms with van der Waals surface area (Å²) in [5, 5.41) is 2.65. The Balaban J connectivity index is 1.65. The van der Waals surface area contributed by atoms with Crippen LogP contribution in [-0.4, -0.2) is 60.3 Å². The predicted octanol–water partition coefficient (Wildman–Crippen LogP) is 4.92. The van der Waals surface area contributed by atoms with E-state index in [-0.39, 0.29) is 37.7 Å². The van der Waals surface area contributed by atoms with Crippen LogP contribution in [0.15, 0.2) is 42.6 Å². The minimum atomic E-state index is -3.02. The van der Waals surface area contributed by atoms with Crippen molar-refractivity contribution >= 4 is 12.2 Å². The molecule has 1 fully saturated rings. The Labute approximate surface area is 209 Å². The van der Waals surface area contributed by atoms with Gasteiger partial charge in [0.2, 0.25) is 5.88 Å². The van der Waals surface area contributed by atoms with Crippen molar-refractivity contribution in [3.63, 3.8) is 0 Å². The molecule has 1 saturated heterocycles. The fourth-order valence-electron chi connectivity index (χ4n) is 3.89. The lowest BCUT2D eigenvalue weighted by atomic mass is 9.87. The molecule has 1 aliphatic heterocycles. The first-order chi connectivity index (χ1) is 17.0. The lowest BCUT2D eigenvalue weighted by Gasteiger charge is -2.39. The second-order valence-electron chi connectivity index (χ2n) is 9.67. The van der Waals surface area contributed by atoms with Gasteiger partial charge in [-0.05, 0) is 44.4 Å². The first-order valence-corrected chi connectivity index (χ1v) is 11.8. The summed E-state index contributed by atoms with van der Waals surface area (Å²) < 4.78 is 45.7. The first-order valence-electron chi connectivity index (χ1n) is 11.8. The molecule has 2 amide bonds. The number of likely N-dealkylation sites (tertiary alicyclic amines) is 1. The molecule has 1 aliphatic rings. The van der Waals surface area contributed by atoms with Gasteiger partial charge in [0.05, 0.1) is 13.0 Å². The van der Waals surface area contributed by atoms with E-state index in [1.165, 1.54) is 18.2 Å². The van der Waals surface area contributed by atoms with Crippen LogP contribution < -0.4 is 10.1 Å². The van der Waals surface area contributed by atoms with Crippen molar-refractivity contribution in [3.05, 3.63) is 59.3 Å². The van der Waals surface area contributed by atoms with Gasteiger partial charge in [-0.25, -0.2) is 23.4 Å². The minimum Gasteiger partial charge on any atom is -0.481 e. The largest absolute Gasteiger partial charge is 0.481 e. The number of alkyl halides is 2. The molecule has 1 aromatic heterocycles. The number of aromatic nitrogens is 1. The van der Waals surface area contributed by atoms with E-state index in [0.29, 0.717) is 12.0 Å². The van der Waals surface area contributed by atoms with Gasteiger partial charge in [-0.1, -0.05) is 30.3 Å². The molecule has 3 rings (SSSR count). The van der Waals surface area contributed by atoms with Gasteiger partial charge in [-0.15, -0.1) is 0 Å². The Hall–Kier alpha value is -3.43. The van der Waals surface area contributed by atoms with Gasteiger partial charge in [-0.3, -0.25) is 0 Å². The number of hydrogen-bond donors (Lipinski definition) is 1. The highest BCUT2D eigenvalue weighted by Gasteiger charge is 2.47. The number of alkyl carbamates (subject to hydrolysis) is 1. The molecular weight excluding hydrogens is 472 g/mol. The smallest absolute Gasteiger partial charge is 0.410 e. The molecule has 8 nitrogen and oxygen atoms in total. The monoisotopic (exact) mass is 505 g/mol. The second-order valence-corrected chi connectivity index (χ2v) is 9.67. The molecule has 0 spiro atoms. The number of nitrogens with zero attached hydrogens (tertiary/aromatic N) is 2. The average molecular weight is 506 g/mol. The predicted molar refractivity (Wildman–Crippen MR) is 129 cm³/mol. The van der Waals surface area contributed by atoms with Crippen molar-refractivity contribution in [2.24, 2.45) is 0 Å². The maximum atomic E-state index is 14.9. The van der Waals surface area contributed by atoms with Crippen molar-refractivity contribution in [2.75, 3.05) is 26.7 Å². The van der Waals surface area contributed by atoms with Crippen LogP contribution >= 0.6 is 0 Å². The van der Waals surface area contributed by atoms with Crippen LogP contribution in [-0.2, 0) is 22.5 Å². The molecule has 36 heavy (non-hydrogen) atoms. The Morgan fingerprint density at radius 1 is 1.22 bits per heavy atom. The van der Waals surface area contributed by atoms with Crippen LogP contribution in [0.5, 0.6) is 5.88 Å². The third kappa shape index (κ3) is 7.53. The van der Waals surface area contributed by atoms with Crippen LogP contribution in [0.2, 0.25) is 0 Å². The number of pyridine rings is 1. The zero-order chi connectivity index (χ0) is 26.3. The molecule has 0 radical (unpaired) electrons. The number of hydrogen-bond acceptors (Lipinski definition) is 6. The Bertz CT molecular complexity index is 1040. The van der Waals surface area contributed by atoms with Crippen molar-refractivity contribution in [3.8, 4) is 5.88 Å². The van der Waals surface area contributed by atoms with Gasteiger partial charge in [0.15, 0.2) is 0 Å². The first kappa shape index (κ1) is 27.2. The van der Waals surface area contributed by atoms with Crippen LogP contribution in [0.1, 0.15) is 49.8 Å². The van der Waals surface area contributed by atoms with E-state index in [0.717, 1.165) is 5.56 Å². The van der Waals surface area contributed by atoms with Gasteiger partial charge in [-0.2, -0.15) is 0 Å². The zero-order valence-corrected chi connectivity index (χ0v) is 21.1. The Morgan fingerprint density at radius 3 is 2.61 bits per heavy atom. The maximum absolute atomic E-state index is 14.9. The Morgan fingerprint density at radius 2 is 1.94 bits per heavy atom. The van der Waals surface area contributed by atoms with E-state index >= 15 is 0 Å². The summed E-state index contributed by atoms with van der Waals surface area (Å²) in [5.74, 6) is -3.99. The van der Waals surface area contributed by atoms with Crippen molar-refractivity contribution in [1.82, 2.24) is 15.2 Å². The number of halogens is 2. The number of amides is 2. The van der Waals surface area contributed by atoms with Crippen LogP contribution in [0.3, 0.4) is 0 Å². The van der Waals surface area contributed by atoms with Crippen LogP contribution in [0.25, 0.3) is 0 Å². The van der Waals surface area contributed by atoms with Gasteiger partial charge < -0.3 is 24.4 Å². The minimum absolute atomic E-state index is 0.0934. The number of piperidine rings is 1. The maximum Gasteiger partial charge on any atom is 0.410 e. The number of carbonyl (C=O) groups is 2. The molecule has 0 saturated carbocycles. The summed E-state index contributed by atoms with van der Waals surface area (Å²) >= 11 is 0. The van der Waals surface area contributed by atoms with Crippen molar-refractivity contribution in [2.45, 2.75) is 57.7 Å². The van der Waals surface area contributed by atoms with E-state index in [9.17, 15) is 18.4 Å². The van der Waals surface area contributed by atoms with E-state index < -0.39 is 36.0 Å². The number of nitrogens with one attached hydrogen (secondary N) is 1. The van der Waals surface area contributed by atoms with Crippen LogP contribution in [0, 0.1) is 0 Å². The van der Waals surface area contributed by atoms with Gasteiger partial charge in [0, 0.05) is 37.8 Å². The van der Waals surface area contributed by atoms with Crippen LogP contribution in [0.4, 0.5) is 18.4 Å². The SMILES string of the molecule is COc1ncc([C@H]2CN(C(=O)OC(C)(C)C)CCC2(F)F)cc1CCNC(=O)OCc1ccccc1. The molecule has 0 aliphatic carbocycles. The summed E-state index contributed by atoms with van der Waals surface area (Å²) in [6.07, 6.45) is -0.0520. The van der Waals surface area contributed by atoms with Gasteiger partial charge in [0.1, 0.15) is 12.2 Å². The lowest BCUT2D eigenvalue weighted by molar-refractivity contribution is -0.0772. The fourth-order valence-corrected chi connectivity index (χ4v) is 3.89. The number of methoxy groups -OCH3 is 1. The van der Waals surface area contributed by atoms with E-state index in [2.05, 4.69) is 10.3 Å². The van der Waals surface area contributed by atoms with E-state index in [4.69, 9.17) is 14.2 Å². The molecular formula is C26H33F2N3O5. The standard InChI is InChI=1S/C26H33F2N3O5/c1-25(2,3)36-24(33)31-13-11-26(27,28)21(16-31)20-14-19(22(34-4)30-15-20)10-12-29-23(32)35-17-18-8-6-5-7-9-18/h5-9,14-15,21H,10-13,16-17H2,1-4H3,(H,29,32)/t21-/m1/s1. The number of ether oxygens (including phenoxy) is 3. The second kappa shape index (κ2) is 11.5. The zero-order valence-electron chi connectivity index (χ0n) is 21.1. The number of carbonyl (C=O) groups excluding carboxylic acids is 2. The molecule has 1 N–H and O–H groups in total. The number of benzene rings is 1. The topological polar surface area (TPSA) is 90.0 Å². The Kier molecular flexibility index (Phi) is 8.70. The summed E-state index contributed by atoms with van der Waals surface area (Å²) in [5.41, 5.74) is 0.982. The molecule has 10 heteroatoms. The van der Waals surface area contributed by atoms with Gasteiger partial charge in [0.25, 0.3) is 5.92 Å². The highest BCUT2D eigenvalue weighted by molar-refractivity contribution is 5.68. The summed E-state index contributed by atoms with van der Waals surface area (Å²) in [7, 11) is 1.44. The third-order valence-electron chi connectivity index (χ3n) is 5.70. The van der Waals surface area contributed by atoms with Crippen molar-refractivity contribution < 1.29 is 32.6 Å². The van der Waals surface area contributed by atoms with Gasteiger partial charge >= 0.3 is 12.2 Å². The van der Waals surface area contributed by atoms with Crippen molar-refractivity contribution in [1.29, 1.82) is 0 Å². The normalized spacial score (nSPS) is 17.3. The molecule has 2 heterocycles. The average Bonchev–Trinajstić information content (AvgIpc) is 2.82. The molecule has 1 aromatic carbocycles. The third-order valence-corrected chi connectivity index (χ3v) is 5.70. The van der Waals surface area contributed by atoms with E-state index in [1.54, 1.807) is 26.8 Å². The molecule has 196 valence electrons. The summed E-state index contributed by atoms with van der Waals surface area (Å²) in [6.45, 7) is 5.23. The molecule has 1 atom stereocenters. The highest BCUT2D eigenvalue weighted by Crippen LogP contribution is 2.41. The lowest BCUT2D eigenvalue weighted by Crippen LogP contribution is -2.49. The summed E-state index contributed by atoms with van der Waals surface area (Å²) in [6, 6.07) is 10.9.